The molecule has 0 saturated heterocycles. The van der Waals surface area contributed by atoms with Gasteiger partial charge in [0, 0.05) is 25.5 Å². The van der Waals surface area contributed by atoms with Gasteiger partial charge in [-0.1, -0.05) is 11.6 Å². The lowest BCUT2D eigenvalue weighted by atomic mass is 10.1. The van der Waals surface area contributed by atoms with E-state index in [9.17, 15) is 17.6 Å². The van der Waals surface area contributed by atoms with Gasteiger partial charge in [-0.05, 0) is 32.3 Å². The first-order chi connectivity index (χ1) is 18.0. The molecule has 2 N–H and O–H groups in total. The molecule has 0 atom stereocenters. The van der Waals surface area contributed by atoms with Crippen LogP contribution in [0.25, 0.3) is 16.8 Å². The van der Waals surface area contributed by atoms with Gasteiger partial charge in [-0.25, -0.2) is 27.2 Å². The molecular formula is C23H22ClF2N7O4S. The fourth-order valence-electron chi connectivity index (χ4n) is 3.50. The van der Waals surface area contributed by atoms with Crippen molar-refractivity contribution in [1.29, 1.82) is 0 Å². The minimum Gasteiger partial charge on any atom is -0.480 e. The number of carbonyl (C=O) groups excluding carboxylic acids is 1. The molecule has 0 unspecified atom stereocenters. The van der Waals surface area contributed by atoms with Crippen LogP contribution in [0.15, 0.2) is 48.0 Å². The summed E-state index contributed by atoms with van der Waals surface area (Å²) in [7, 11) is 0.513. The van der Waals surface area contributed by atoms with Gasteiger partial charge in [0.05, 0.1) is 40.8 Å². The minimum absolute atomic E-state index is 0.00928. The zero-order valence-electron chi connectivity index (χ0n) is 20.4. The highest BCUT2D eigenvalue weighted by atomic mass is 35.5. The molecule has 0 bridgehead atoms. The second-order valence-electron chi connectivity index (χ2n) is 8.27. The van der Waals surface area contributed by atoms with Gasteiger partial charge in [0.2, 0.25) is 5.88 Å². The normalized spacial score (nSPS) is 11.7. The monoisotopic (exact) mass is 565 g/mol. The van der Waals surface area contributed by atoms with Gasteiger partial charge < -0.3 is 19.4 Å². The van der Waals surface area contributed by atoms with Crippen LogP contribution in [0, 0.1) is 11.6 Å². The van der Waals surface area contributed by atoms with E-state index in [1.807, 2.05) is 19.0 Å². The smallest absolute Gasteiger partial charge is 0.272 e. The van der Waals surface area contributed by atoms with Crippen LogP contribution in [0.1, 0.15) is 10.5 Å². The number of aromatic nitrogens is 4. The number of hydrogen-bond acceptors (Lipinski definition) is 8. The number of halogens is 3. The van der Waals surface area contributed by atoms with Gasteiger partial charge in [-0.15, -0.1) is 0 Å². The average Bonchev–Trinajstić information content (AvgIpc) is 3.29. The number of hydrogen-bond donors (Lipinski definition) is 2. The van der Waals surface area contributed by atoms with E-state index in [0.717, 1.165) is 18.2 Å². The lowest BCUT2D eigenvalue weighted by Gasteiger charge is -2.14. The van der Waals surface area contributed by atoms with E-state index in [0.29, 0.717) is 18.6 Å². The second-order valence-corrected chi connectivity index (χ2v) is 10.4. The zero-order chi connectivity index (χ0) is 27.6. The highest BCUT2D eigenvalue weighted by Gasteiger charge is 2.25. The number of fused-ring (bicyclic) bond motifs is 1. The number of imidazole rings is 1. The number of anilines is 1. The first-order valence-corrected chi connectivity index (χ1v) is 12.8. The number of pyridine rings is 1. The first kappa shape index (κ1) is 27.2. The molecule has 200 valence electrons. The van der Waals surface area contributed by atoms with Crippen molar-refractivity contribution in [2.75, 3.05) is 39.0 Å². The Bertz CT molecular complexity index is 1630. The van der Waals surface area contributed by atoms with E-state index in [1.54, 1.807) is 0 Å². The SMILES string of the molecule is COc1ncc(Cl)cc1S(=O)(=O)Nc1ccc(F)c(-c2cn3cnc(C(=O)NCCN(C)C)c3cn2)c1F. The van der Waals surface area contributed by atoms with Crippen LogP contribution in [-0.4, -0.2) is 72.9 Å². The lowest BCUT2D eigenvalue weighted by molar-refractivity contribution is 0.0948. The maximum absolute atomic E-state index is 15.5. The standard InChI is InChI=1S/C23H22ClF2N7O4S/c1-32(2)7-6-27-22(34)21-17-10-28-16(11-33(17)12-30-21)19-14(25)4-5-15(20(19)26)31-38(35,36)18-8-13(24)9-29-23(18)37-3/h4-5,8-12,31H,6-7H2,1-3H3,(H,27,34). The van der Waals surface area contributed by atoms with Crippen LogP contribution in [-0.2, 0) is 10.0 Å². The molecule has 3 heterocycles. The maximum Gasteiger partial charge on any atom is 0.272 e. The van der Waals surface area contributed by atoms with Gasteiger partial charge in [0.15, 0.2) is 16.4 Å². The number of amides is 1. The average molecular weight is 566 g/mol. The highest BCUT2D eigenvalue weighted by Crippen LogP contribution is 2.32. The van der Waals surface area contributed by atoms with Crippen molar-refractivity contribution in [1.82, 2.24) is 29.6 Å². The molecule has 0 fully saturated rings. The van der Waals surface area contributed by atoms with E-state index in [1.165, 1.54) is 36.4 Å². The van der Waals surface area contributed by atoms with Crippen LogP contribution in [0.2, 0.25) is 5.02 Å². The molecule has 0 aliphatic rings. The number of likely N-dealkylation sites (N-methyl/N-ethyl adjacent to an activating group) is 1. The van der Waals surface area contributed by atoms with Crippen molar-refractivity contribution in [2.24, 2.45) is 0 Å². The van der Waals surface area contributed by atoms with E-state index in [2.05, 4.69) is 25.0 Å². The van der Waals surface area contributed by atoms with Gasteiger partial charge in [-0.3, -0.25) is 14.5 Å². The molecule has 3 aromatic heterocycles. The summed E-state index contributed by atoms with van der Waals surface area (Å²) in [6.45, 7) is 1.02. The topological polar surface area (TPSA) is 131 Å². The Morgan fingerprint density at radius 2 is 1.95 bits per heavy atom. The third kappa shape index (κ3) is 5.51. The minimum atomic E-state index is -4.43. The van der Waals surface area contributed by atoms with Crippen molar-refractivity contribution in [3.63, 3.8) is 0 Å². The van der Waals surface area contributed by atoms with Crippen LogP contribution >= 0.6 is 11.6 Å². The molecule has 4 aromatic rings. The van der Waals surface area contributed by atoms with E-state index < -0.39 is 43.7 Å². The van der Waals surface area contributed by atoms with Gasteiger partial charge in [0.25, 0.3) is 15.9 Å². The predicted molar refractivity (Wildman–Crippen MR) is 136 cm³/mol. The van der Waals surface area contributed by atoms with Crippen molar-refractivity contribution < 1.29 is 26.7 Å². The van der Waals surface area contributed by atoms with Gasteiger partial charge in [-0.2, -0.15) is 0 Å². The number of methoxy groups -OCH3 is 1. The number of benzene rings is 1. The third-order valence-electron chi connectivity index (χ3n) is 5.34. The fourth-order valence-corrected chi connectivity index (χ4v) is 4.93. The molecule has 4 rings (SSSR count). The zero-order valence-corrected chi connectivity index (χ0v) is 21.9. The summed E-state index contributed by atoms with van der Waals surface area (Å²) in [6.07, 6.45) is 5.03. The Kier molecular flexibility index (Phi) is 7.76. The Balaban J connectivity index is 1.67. The summed E-state index contributed by atoms with van der Waals surface area (Å²) in [5.41, 5.74) is -0.887. The van der Waals surface area contributed by atoms with E-state index >= 15 is 4.39 Å². The largest absolute Gasteiger partial charge is 0.480 e. The predicted octanol–water partition coefficient (Wildman–Crippen LogP) is 2.82. The summed E-state index contributed by atoms with van der Waals surface area (Å²) in [6, 6.07) is 2.91. The van der Waals surface area contributed by atoms with E-state index in [-0.39, 0.29) is 22.3 Å². The highest BCUT2D eigenvalue weighted by molar-refractivity contribution is 7.92. The molecule has 0 radical (unpaired) electrons. The van der Waals surface area contributed by atoms with Crippen molar-refractivity contribution >= 4 is 38.7 Å². The lowest BCUT2D eigenvalue weighted by Crippen LogP contribution is -2.31. The van der Waals surface area contributed by atoms with Crippen LogP contribution < -0.4 is 14.8 Å². The fraction of sp³-hybridized carbons (Fsp3) is 0.217. The number of rotatable bonds is 9. The quantitative estimate of drug-likeness (QED) is 0.317. The summed E-state index contributed by atoms with van der Waals surface area (Å²) in [5, 5.41) is 2.75. The van der Waals surface area contributed by atoms with Crippen molar-refractivity contribution in [2.45, 2.75) is 4.90 Å². The number of carbonyl (C=O) groups is 1. The number of sulfonamides is 1. The summed E-state index contributed by atoms with van der Waals surface area (Å²) < 4.78 is 64.6. The summed E-state index contributed by atoms with van der Waals surface area (Å²) in [4.78, 5) is 25.9. The van der Waals surface area contributed by atoms with Gasteiger partial charge >= 0.3 is 0 Å². The maximum atomic E-state index is 15.5. The third-order valence-corrected chi connectivity index (χ3v) is 6.91. The molecule has 0 aliphatic carbocycles. The molecule has 15 heteroatoms. The molecule has 1 aromatic carbocycles. The number of ether oxygens (including phenoxy) is 1. The Hall–Kier alpha value is -3.88. The molecule has 38 heavy (non-hydrogen) atoms. The van der Waals surface area contributed by atoms with Crippen molar-refractivity contribution in [3.05, 3.63) is 65.5 Å². The van der Waals surface area contributed by atoms with E-state index in [4.69, 9.17) is 16.3 Å². The second kappa shape index (κ2) is 10.8. The van der Waals surface area contributed by atoms with Crippen molar-refractivity contribution in [3.8, 4) is 17.1 Å². The Morgan fingerprint density at radius 3 is 2.66 bits per heavy atom. The first-order valence-electron chi connectivity index (χ1n) is 11.0. The van der Waals surface area contributed by atoms with Crippen LogP contribution in [0.5, 0.6) is 5.88 Å². The Morgan fingerprint density at radius 1 is 1.18 bits per heavy atom. The molecule has 0 spiro atoms. The number of nitrogens with one attached hydrogen (secondary N) is 2. The number of nitrogens with zero attached hydrogens (tertiary/aromatic N) is 5. The summed E-state index contributed by atoms with van der Waals surface area (Å²) in [5.74, 6) is -2.89. The van der Waals surface area contributed by atoms with Crippen LogP contribution in [0.4, 0.5) is 14.5 Å². The summed E-state index contributed by atoms with van der Waals surface area (Å²) >= 11 is 5.87. The molecule has 0 saturated carbocycles. The van der Waals surface area contributed by atoms with Gasteiger partial charge in [0.1, 0.15) is 12.1 Å². The molecular weight excluding hydrogens is 544 g/mol. The molecule has 0 aliphatic heterocycles. The molecule has 11 nitrogen and oxygen atoms in total. The Labute approximate surface area is 221 Å². The van der Waals surface area contributed by atoms with Crippen LogP contribution in [0.3, 0.4) is 0 Å². The molecule has 1 amide bonds.